The first kappa shape index (κ1) is 26.6. The number of unbranched alkanes of at least 4 members (excludes halogenated alkanes) is 11. The van der Waals surface area contributed by atoms with Gasteiger partial charge >= 0.3 is 0 Å². The Labute approximate surface area is 172 Å². The SMILES string of the molecule is CCCCCCCC/C=C\CCCCCCCC(=O)C(Cl)(CCO)CCO. The highest BCUT2D eigenvalue weighted by Gasteiger charge is 2.33. The molecular weight excluding hydrogens is 360 g/mol. The zero-order valence-corrected chi connectivity index (χ0v) is 18.3. The predicted molar refractivity (Wildman–Crippen MR) is 116 cm³/mol. The van der Waals surface area contributed by atoms with Crippen molar-refractivity contribution < 1.29 is 15.0 Å². The van der Waals surface area contributed by atoms with E-state index in [2.05, 4.69) is 19.1 Å². The van der Waals surface area contributed by atoms with Crippen molar-refractivity contribution in [2.45, 2.75) is 115 Å². The molecule has 0 rings (SSSR count). The molecule has 0 saturated carbocycles. The lowest BCUT2D eigenvalue weighted by molar-refractivity contribution is -0.122. The minimum absolute atomic E-state index is 0.0371. The Morgan fingerprint density at radius 2 is 1.22 bits per heavy atom. The molecule has 0 amide bonds. The molecule has 0 atom stereocenters. The van der Waals surface area contributed by atoms with Crippen molar-refractivity contribution in [1.82, 2.24) is 0 Å². The first-order valence-electron chi connectivity index (χ1n) is 11.2. The highest BCUT2D eigenvalue weighted by Crippen LogP contribution is 2.27. The van der Waals surface area contributed by atoms with Crippen molar-refractivity contribution in [3.8, 4) is 0 Å². The predicted octanol–water partition coefficient (Wildman–Crippen LogP) is 6.34. The monoisotopic (exact) mass is 402 g/mol. The zero-order valence-electron chi connectivity index (χ0n) is 17.6. The van der Waals surface area contributed by atoms with Crippen LogP contribution in [0.15, 0.2) is 12.2 Å². The van der Waals surface area contributed by atoms with E-state index in [9.17, 15) is 4.79 Å². The van der Waals surface area contributed by atoms with Gasteiger partial charge in [0.15, 0.2) is 5.78 Å². The van der Waals surface area contributed by atoms with Gasteiger partial charge in [0.1, 0.15) is 4.87 Å². The fraction of sp³-hybridized carbons (Fsp3) is 0.870. The molecule has 4 heteroatoms. The molecular formula is C23H43ClO3. The van der Waals surface area contributed by atoms with Crippen LogP contribution in [0.3, 0.4) is 0 Å². The fourth-order valence-corrected chi connectivity index (χ4v) is 3.60. The summed E-state index contributed by atoms with van der Waals surface area (Å²) < 4.78 is 0. The molecule has 0 unspecified atom stereocenters. The molecule has 0 radical (unpaired) electrons. The lowest BCUT2D eigenvalue weighted by Crippen LogP contribution is -2.34. The minimum Gasteiger partial charge on any atom is -0.396 e. The molecule has 0 aliphatic carbocycles. The molecule has 3 nitrogen and oxygen atoms in total. The van der Waals surface area contributed by atoms with Crippen molar-refractivity contribution in [3.63, 3.8) is 0 Å². The van der Waals surface area contributed by atoms with Gasteiger partial charge in [0, 0.05) is 19.6 Å². The summed E-state index contributed by atoms with van der Waals surface area (Å²) >= 11 is 6.28. The Bertz CT molecular complexity index is 363. The van der Waals surface area contributed by atoms with Gasteiger partial charge < -0.3 is 10.2 Å². The maximum absolute atomic E-state index is 12.2. The van der Waals surface area contributed by atoms with Gasteiger partial charge in [-0.05, 0) is 44.9 Å². The van der Waals surface area contributed by atoms with Gasteiger partial charge in [0.2, 0.25) is 0 Å². The number of Topliss-reactive ketones (excluding diaryl/α,β-unsaturated/α-hetero) is 1. The van der Waals surface area contributed by atoms with Gasteiger partial charge in [-0.3, -0.25) is 4.79 Å². The second-order valence-corrected chi connectivity index (χ2v) is 8.39. The van der Waals surface area contributed by atoms with Crippen molar-refractivity contribution in [1.29, 1.82) is 0 Å². The highest BCUT2D eigenvalue weighted by atomic mass is 35.5. The molecule has 0 aliphatic heterocycles. The Hall–Kier alpha value is -0.380. The van der Waals surface area contributed by atoms with Gasteiger partial charge in [0.25, 0.3) is 0 Å². The van der Waals surface area contributed by atoms with Crippen LogP contribution in [0.1, 0.15) is 110 Å². The van der Waals surface area contributed by atoms with E-state index in [1.165, 1.54) is 57.8 Å². The third-order valence-electron chi connectivity index (χ3n) is 5.18. The summed E-state index contributed by atoms with van der Waals surface area (Å²) in [6.45, 7) is 2.01. The van der Waals surface area contributed by atoms with Crippen LogP contribution in [-0.2, 0) is 4.79 Å². The summed E-state index contributed by atoms with van der Waals surface area (Å²) in [5.41, 5.74) is 0. The molecule has 0 saturated heterocycles. The first-order chi connectivity index (χ1) is 13.1. The van der Waals surface area contributed by atoms with Crippen molar-refractivity contribution in [2.24, 2.45) is 0 Å². The van der Waals surface area contributed by atoms with E-state index in [0.29, 0.717) is 6.42 Å². The Morgan fingerprint density at radius 1 is 0.778 bits per heavy atom. The van der Waals surface area contributed by atoms with Crippen LogP contribution in [0.2, 0.25) is 0 Å². The summed E-state index contributed by atoms with van der Waals surface area (Å²) in [4.78, 5) is 11.1. The van der Waals surface area contributed by atoms with Crippen LogP contribution in [0.4, 0.5) is 0 Å². The average Bonchev–Trinajstić information content (AvgIpc) is 2.65. The Kier molecular flexibility index (Phi) is 18.7. The second kappa shape index (κ2) is 19.0. The van der Waals surface area contributed by atoms with E-state index in [1.807, 2.05) is 0 Å². The number of aliphatic hydroxyl groups excluding tert-OH is 2. The number of hydrogen-bond donors (Lipinski definition) is 2. The van der Waals surface area contributed by atoms with Crippen LogP contribution >= 0.6 is 11.6 Å². The van der Waals surface area contributed by atoms with E-state index in [-0.39, 0.29) is 31.8 Å². The maximum Gasteiger partial charge on any atom is 0.153 e. The van der Waals surface area contributed by atoms with Crippen molar-refractivity contribution in [3.05, 3.63) is 12.2 Å². The van der Waals surface area contributed by atoms with E-state index in [1.54, 1.807) is 0 Å². The number of carbonyl (C=O) groups excluding carboxylic acids is 1. The van der Waals surface area contributed by atoms with Crippen LogP contribution < -0.4 is 0 Å². The van der Waals surface area contributed by atoms with Crippen LogP contribution in [0, 0.1) is 0 Å². The first-order valence-corrected chi connectivity index (χ1v) is 11.6. The third-order valence-corrected chi connectivity index (χ3v) is 5.77. The number of halogens is 1. The minimum atomic E-state index is -1.08. The molecule has 0 bridgehead atoms. The van der Waals surface area contributed by atoms with Gasteiger partial charge in [-0.2, -0.15) is 0 Å². The van der Waals surface area contributed by atoms with Crippen LogP contribution in [-0.4, -0.2) is 34.1 Å². The largest absolute Gasteiger partial charge is 0.396 e. The molecule has 160 valence electrons. The van der Waals surface area contributed by atoms with E-state index in [4.69, 9.17) is 21.8 Å². The second-order valence-electron chi connectivity index (χ2n) is 7.67. The van der Waals surface area contributed by atoms with Crippen LogP contribution in [0.5, 0.6) is 0 Å². The molecule has 0 heterocycles. The number of ketones is 1. The van der Waals surface area contributed by atoms with E-state index >= 15 is 0 Å². The zero-order chi connectivity index (χ0) is 20.2. The quantitative estimate of drug-likeness (QED) is 0.142. The number of allylic oxidation sites excluding steroid dienone is 2. The van der Waals surface area contributed by atoms with E-state index < -0.39 is 4.87 Å². The van der Waals surface area contributed by atoms with Crippen molar-refractivity contribution in [2.75, 3.05) is 13.2 Å². The number of aliphatic hydroxyl groups is 2. The van der Waals surface area contributed by atoms with Gasteiger partial charge in [0.05, 0.1) is 0 Å². The summed E-state index contributed by atoms with van der Waals surface area (Å²) in [6, 6.07) is 0. The smallest absolute Gasteiger partial charge is 0.153 e. The lowest BCUT2D eigenvalue weighted by atomic mass is 9.92. The number of rotatable bonds is 20. The van der Waals surface area contributed by atoms with E-state index in [0.717, 1.165) is 25.7 Å². The number of hydrogen-bond acceptors (Lipinski definition) is 3. The summed E-state index contributed by atoms with van der Waals surface area (Å²) in [5.74, 6) is -0.0371. The summed E-state index contributed by atoms with van der Waals surface area (Å²) in [5, 5.41) is 18.1. The normalized spacial score (nSPS) is 12.1. The highest BCUT2D eigenvalue weighted by molar-refractivity contribution is 6.35. The maximum atomic E-state index is 12.2. The lowest BCUT2D eigenvalue weighted by Gasteiger charge is -2.23. The fourth-order valence-electron chi connectivity index (χ4n) is 3.34. The van der Waals surface area contributed by atoms with Gasteiger partial charge in [-0.15, -0.1) is 11.6 Å². The molecule has 0 aromatic rings. The molecule has 2 N–H and O–H groups in total. The number of carbonyl (C=O) groups is 1. The van der Waals surface area contributed by atoms with Crippen LogP contribution in [0.25, 0.3) is 0 Å². The molecule has 0 aromatic carbocycles. The topological polar surface area (TPSA) is 57.5 Å². The summed E-state index contributed by atoms with van der Waals surface area (Å²) in [7, 11) is 0. The van der Waals surface area contributed by atoms with Gasteiger partial charge in [-0.25, -0.2) is 0 Å². The van der Waals surface area contributed by atoms with Gasteiger partial charge in [-0.1, -0.05) is 70.4 Å². The Morgan fingerprint density at radius 3 is 1.70 bits per heavy atom. The Balaban J connectivity index is 3.53. The van der Waals surface area contributed by atoms with Crippen molar-refractivity contribution >= 4 is 17.4 Å². The molecule has 0 aliphatic rings. The average molecular weight is 403 g/mol. The molecule has 0 fully saturated rings. The standard InChI is InChI=1S/C23H43ClO3/c1-2-3-4-5-6-7-8-9-10-11-12-13-14-15-16-17-22(27)23(24,18-20-25)19-21-26/h9-10,25-26H,2-8,11-21H2,1H3/b10-9-. The molecule has 0 spiro atoms. The third kappa shape index (κ3) is 15.2. The molecule has 0 aromatic heterocycles. The number of alkyl halides is 1. The summed E-state index contributed by atoms with van der Waals surface area (Å²) in [6.07, 6.45) is 21.5. The molecule has 27 heavy (non-hydrogen) atoms.